The molecule has 0 heterocycles. The minimum Gasteiger partial charge on any atom is -0.464 e. The summed E-state index contributed by atoms with van der Waals surface area (Å²) in [6, 6.07) is 13.6. The minimum atomic E-state index is -1.06. The molecule has 152 valence electrons. The topological polar surface area (TPSA) is 55.4 Å². The summed E-state index contributed by atoms with van der Waals surface area (Å²) in [5, 5.41) is 3.05. The van der Waals surface area contributed by atoms with Gasteiger partial charge in [-0.2, -0.15) is 0 Å². The molecular weight excluding hydrogens is 362 g/mol. The largest absolute Gasteiger partial charge is 0.464 e. The van der Waals surface area contributed by atoms with E-state index in [9.17, 15) is 9.59 Å². The van der Waals surface area contributed by atoms with Crippen LogP contribution in [0.3, 0.4) is 0 Å². The maximum absolute atomic E-state index is 13.3. The van der Waals surface area contributed by atoms with Crippen molar-refractivity contribution >= 4 is 18.0 Å². The lowest BCUT2D eigenvalue weighted by Crippen LogP contribution is -2.56. The predicted octanol–water partition coefficient (Wildman–Crippen LogP) is 4.64. The molecule has 4 nitrogen and oxygen atoms in total. The van der Waals surface area contributed by atoms with Crippen molar-refractivity contribution in [3.63, 3.8) is 0 Å². The van der Waals surface area contributed by atoms with Gasteiger partial charge in [-0.1, -0.05) is 61.9 Å². The number of ether oxygens (including phenoxy) is 1. The van der Waals surface area contributed by atoms with Crippen molar-refractivity contribution in [2.24, 2.45) is 0 Å². The van der Waals surface area contributed by atoms with Crippen LogP contribution in [-0.4, -0.2) is 24.0 Å². The second-order valence-corrected chi connectivity index (χ2v) is 7.61. The Labute approximate surface area is 173 Å². The molecule has 3 rings (SSSR count). The lowest BCUT2D eigenvalue weighted by atomic mass is 9.93. The van der Waals surface area contributed by atoms with E-state index in [4.69, 9.17) is 4.74 Å². The fourth-order valence-electron chi connectivity index (χ4n) is 3.92. The van der Waals surface area contributed by atoms with E-state index in [-0.39, 0.29) is 18.5 Å². The summed E-state index contributed by atoms with van der Waals surface area (Å²) < 4.78 is 5.36. The number of hydrogen-bond acceptors (Lipinski definition) is 3. The normalized spacial score (nSPS) is 14.6. The van der Waals surface area contributed by atoms with Crippen molar-refractivity contribution in [1.82, 2.24) is 5.32 Å². The number of unbranched alkanes of at least 4 members (excludes halogenated alkanes) is 1. The molecule has 2 aromatic carbocycles. The maximum Gasteiger partial charge on any atom is 0.332 e. The first kappa shape index (κ1) is 20.8. The van der Waals surface area contributed by atoms with Crippen LogP contribution in [0, 0.1) is 6.92 Å². The van der Waals surface area contributed by atoms with E-state index < -0.39 is 5.54 Å². The average Bonchev–Trinajstić information content (AvgIpc) is 3.08. The maximum atomic E-state index is 13.3. The molecule has 1 aliphatic carbocycles. The van der Waals surface area contributed by atoms with Gasteiger partial charge in [-0.25, -0.2) is 4.79 Å². The Balaban J connectivity index is 1.93. The zero-order chi connectivity index (χ0) is 20.9. The SMILES string of the molecule is CCC/C=C\c1c(C)cccc1C(=O)NC1(C(=O)OCC)Cc2ccccc2C1. The van der Waals surface area contributed by atoms with Crippen LogP contribution in [0.4, 0.5) is 0 Å². The number of carbonyl (C=O) groups is 2. The standard InChI is InChI=1S/C25H29NO3/c1-4-6-7-14-21-18(3)11-10-15-22(21)23(27)26-25(24(28)29-5-2)16-19-12-8-9-13-20(19)17-25/h7-15H,4-6,16-17H2,1-3H3,(H,26,27)/b14-7-. The quantitative estimate of drug-likeness (QED) is 0.700. The number of aryl methyl sites for hydroxylation is 1. The van der Waals surface area contributed by atoms with E-state index in [2.05, 4.69) is 18.3 Å². The van der Waals surface area contributed by atoms with Gasteiger partial charge in [-0.05, 0) is 48.6 Å². The fourth-order valence-corrected chi connectivity index (χ4v) is 3.92. The molecule has 0 bridgehead atoms. The highest BCUT2D eigenvalue weighted by Gasteiger charge is 2.46. The number of carbonyl (C=O) groups excluding carboxylic acids is 2. The summed E-state index contributed by atoms with van der Waals surface area (Å²) in [5.74, 6) is -0.619. The predicted molar refractivity (Wildman–Crippen MR) is 116 cm³/mol. The smallest absolute Gasteiger partial charge is 0.332 e. The van der Waals surface area contributed by atoms with Gasteiger partial charge in [-0.15, -0.1) is 0 Å². The van der Waals surface area contributed by atoms with Crippen LogP contribution < -0.4 is 5.32 Å². The summed E-state index contributed by atoms with van der Waals surface area (Å²) in [6.07, 6.45) is 6.99. The minimum absolute atomic E-state index is 0.245. The van der Waals surface area contributed by atoms with Crippen molar-refractivity contribution < 1.29 is 14.3 Å². The van der Waals surface area contributed by atoms with Gasteiger partial charge in [0.1, 0.15) is 5.54 Å². The molecule has 1 aliphatic rings. The summed E-state index contributed by atoms with van der Waals surface area (Å²) in [6.45, 7) is 6.18. The van der Waals surface area contributed by atoms with Crippen LogP contribution in [0.25, 0.3) is 6.08 Å². The van der Waals surface area contributed by atoms with Gasteiger partial charge in [0.05, 0.1) is 6.61 Å². The Morgan fingerprint density at radius 3 is 2.38 bits per heavy atom. The molecule has 0 atom stereocenters. The van der Waals surface area contributed by atoms with Gasteiger partial charge >= 0.3 is 5.97 Å². The first-order valence-electron chi connectivity index (χ1n) is 10.3. The van der Waals surface area contributed by atoms with Gasteiger partial charge in [0.2, 0.25) is 0 Å². The van der Waals surface area contributed by atoms with Crippen molar-refractivity contribution in [1.29, 1.82) is 0 Å². The highest BCUT2D eigenvalue weighted by molar-refractivity contribution is 6.01. The molecule has 1 N–H and O–H groups in total. The monoisotopic (exact) mass is 391 g/mol. The van der Waals surface area contributed by atoms with Crippen LogP contribution in [0.1, 0.15) is 59.3 Å². The number of fused-ring (bicyclic) bond motifs is 1. The highest BCUT2D eigenvalue weighted by atomic mass is 16.5. The number of benzene rings is 2. The Bertz CT molecular complexity index is 904. The highest BCUT2D eigenvalue weighted by Crippen LogP contribution is 2.32. The third-order valence-electron chi connectivity index (χ3n) is 5.43. The number of hydrogen-bond donors (Lipinski definition) is 1. The summed E-state index contributed by atoms with van der Waals surface area (Å²) in [4.78, 5) is 26.2. The molecule has 0 radical (unpaired) electrons. The van der Waals surface area contributed by atoms with Crippen LogP contribution in [0.5, 0.6) is 0 Å². The average molecular weight is 392 g/mol. The van der Waals surface area contributed by atoms with Crippen molar-refractivity contribution in [2.45, 2.75) is 52.0 Å². The van der Waals surface area contributed by atoms with E-state index in [0.717, 1.165) is 35.1 Å². The molecular formula is C25H29NO3. The molecule has 4 heteroatoms. The van der Waals surface area contributed by atoms with Crippen LogP contribution in [0.15, 0.2) is 48.5 Å². The first-order chi connectivity index (χ1) is 14.0. The van der Waals surface area contributed by atoms with Gasteiger partial charge in [0.25, 0.3) is 5.91 Å². The van der Waals surface area contributed by atoms with Crippen molar-refractivity contribution in [3.8, 4) is 0 Å². The van der Waals surface area contributed by atoms with E-state index >= 15 is 0 Å². The summed E-state index contributed by atoms with van der Waals surface area (Å²) >= 11 is 0. The number of rotatable bonds is 7. The van der Waals surface area contributed by atoms with Gasteiger partial charge in [-0.3, -0.25) is 4.79 Å². The van der Waals surface area contributed by atoms with Crippen molar-refractivity contribution in [2.75, 3.05) is 6.61 Å². The van der Waals surface area contributed by atoms with E-state index in [1.807, 2.05) is 55.5 Å². The molecule has 2 aromatic rings. The molecule has 0 saturated carbocycles. The van der Waals surface area contributed by atoms with Gasteiger partial charge in [0.15, 0.2) is 0 Å². The van der Waals surface area contributed by atoms with E-state index in [0.29, 0.717) is 18.4 Å². The van der Waals surface area contributed by atoms with E-state index in [1.165, 1.54) is 0 Å². The molecule has 0 saturated heterocycles. The Morgan fingerprint density at radius 2 is 1.76 bits per heavy atom. The zero-order valence-corrected chi connectivity index (χ0v) is 17.5. The number of esters is 1. The fraction of sp³-hybridized carbons (Fsp3) is 0.360. The lowest BCUT2D eigenvalue weighted by molar-refractivity contribution is -0.150. The third-order valence-corrected chi connectivity index (χ3v) is 5.43. The third kappa shape index (κ3) is 4.42. The summed E-state index contributed by atoms with van der Waals surface area (Å²) in [7, 11) is 0. The summed E-state index contributed by atoms with van der Waals surface area (Å²) in [5.41, 5.74) is 3.60. The molecule has 29 heavy (non-hydrogen) atoms. The molecule has 0 fully saturated rings. The van der Waals surface area contributed by atoms with E-state index in [1.54, 1.807) is 6.92 Å². The van der Waals surface area contributed by atoms with Gasteiger partial charge in [0, 0.05) is 18.4 Å². The molecule has 1 amide bonds. The lowest BCUT2D eigenvalue weighted by Gasteiger charge is -2.28. The second-order valence-electron chi connectivity index (χ2n) is 7.61. The van der Waals surface area contributed by atoms with Gasteiger partial charge < -0.3 is 10.1 Å². The number of allylic oxidation sites excluding steroid dienone is 1. The zero-order valence-electron chi connectivity index (χ0n) is 17.5. The Hall–Kier alpha value is -2.88. The van der Waals surface area contributed by atoms with Crippen LogP contribution in [-0.2, 0) is 22.4 Å². The molecule has 0 aliphatic heterocycles. The molecule has 0 spiro atoms. The number of nitrogens with one attached hydrogen (secondary N) is 1. The van der Waals surface area contributed by atoms with Crippen molar-refractivity contribution in [3.05, 3.63) is 76.4 Å². The molecule has 0 aromatic heterocycles. The second kappa shape index (κ2) is 9.08. The first-order valence-corrected chi connectivity index (χ1v) is 10.3. The Kier molecular flexibility index (Phi) is 6.53. The number of amides is 1. The van der Waals surface area contributed by atoms with Crippen LogP contribution >= 0.6 is 0 Å². The Morgan fingerprint density at radius 1 is 1.07 bits per heavy atom. The van der Waals surface area contributed by atoms with Crippen LogP contribution in [0.2, 0.25) is 0 Å². The molecule has 0 unspecified atom stereocenters.